The van der Waals surface area contributed by atoms with Crippen molar-refractivity contribution in [3.8, 4) is 17.2 Å². The number of ether oxygens (including phenoxy) is 1. The van der Waals surface area contributed by atoms with Gasteiger partial charge in [0.25, 0.3) is 5.91 Å². The number of pyridine rings is 1. The smallest absolute Gasteiger partial charge is 0.376 e. The van der Waals surface area contributed by atoms with Crippen molar-refractivity contribution in [1.29, 1.82) is 0 Å². The number of nitrogens with zero attached hydrogens (tertiary/aromatic N) is 10. The molecule has 11 rings (SSSR count). The molecule has 1 saturated heterocycles. The third-order valence-corrected chi connectivity index (χ3v) is 13.6. The average molecular weight is 870 g/mol. The van der Waals surface area contributed by atoms with Gasteiger partial charge in [-0.05, 0) is 113 Å². The van der Waals surface area contributed by atoms with Gasteiger partial charge in [0.2, 0.25) is 0 Å². The number of hydrogen-bond donors (Lipinski definition) is 1. The fourth-order valence-corrected chi connectivity index (χ4v) is 10.2. The SMILES string of the molecule is Cc1cc(-n2nc3c(c2-n2ccn(-c4ccc5c(cnn5C)c4F)c2=O)[C@H](C)N(C(=O)c2nn4cc([C@H]5CCOC(C)(C)C5)ccc4c2C2(c4noc(=O)[nH]4)CC2)CC3)cc(C)c1F. The van der Waals surface area contributed by atoms with Crippen molar-refractivity contribution in [2.45, 2.75) is 89.7 Å². The van der Waals surface area contributed by atoms with E-state index in [1.54, 1.807) is 64.1 Å². The summed E-state index contributed by atoms with van der Waals surface area (Å²) in [4.78, 5) is 46.8. The van der Waals surface area contributed by atoms with E-state index in [-0.39, 0.29) is 46.6 Å². The summed E-state index contributed by atoms with van der Waals surface area (Å²) >= 11 is 0. The zero-order valence-electron chi connectivity index (χ0n) is 36.1. The first-order chi connectivity index (χ1) is 30.6. The van der Waals surface area contributed by atoms with E-state index >= 15 is 13.6 Å². The average Bonchev–Trinajstić information content (AvgIpc) is 3.72. The third kappa shape index (κ3) is 5.98. The molecule has 2 aliphatic heterocycles. The number of hydrogen-bond acceptors (Lipinski definition) is 9. The molecule has 2 aromatic carbocycles. The van der Waals surface area contributed by atoms with Crippen molar-refractivity contribution in [2.75, 3.05) is 13.2 Å². The number of carbonyl (C=O) groups excluding carboxylic acids is 1. The number of amides is 1. The number of halogens is 2. The minimum atomic E-state index is -0.816. The van der Waals surface area contributed by atoms with Gasteiger partial charge in [-0.25, -0.2) is 27.6 Å². The predicted octanol–water partition coefficient (Wildman–Crippen LogP) is 6.43. The number of benzene rings is 2. The topological polar surface area (TPSA) is 168 Å². The van der Waals surface area contributed by atoms with Crippen molar-refractivity contribution in [2.24, 2.45) is 7.05 Å². The molecule has 8 aromatic rings. The second kappa shape index (κ2) is 14.0. The van der Waals surface area contributed by atoms with Crippen molar-refractivity contribution >= 4 is 22.3 Å². The number of aromatic nitrogens is 10. The Kier molecular flexibility index (Phi) is 8.74. The molecule has 64 heavy (non-hydrogen) atoms. The van der Waals surface area contributed by atoms with Crippen molar-refractivity contribution < 1.29 is 22.8 Å². The van der Waals surface area contributed by atoms with Crippen LogP contribution in [0, 0.1) is 25.5 Å². The first-order valence-corrected chi connectivity index (χ1v) is 21.5. The molecule has 1 saturated carbocycles. The molecular weight excluding hydrogens is 825 g/mol. The van der Waals surface area contributed by atoms with Gasteiger partial charge in [-0.3, -0.25) is 28.1 Å². The molecule has 2 atom stereocenters. The number of nitrogens with one attached hydrogen (secondary N) is 1. The summed E-state index contributed by atoms with van der Waals surface area (Å²) in [5, 5.41) is 18.6. The van der Waals surface area contributed by atoms with Crippen LogP contribution in [0.3, 0.4) is 0 Å². The molecule has 328 valence electrons. The Morgan fingerprint density at radius 3 is 2.44 bits per heavy atom. The van der Waals surface area contributed by atoms with Crippen LogP contribution in [-0.4, -0.2) is 78.0 Å². The zero-order valence-corrected chi connectivity index (χ0v) is 36.1. The van der Waals surface area contributed by atoms with Crippen LogP contribution in [-0.2, 0) is 23.6 Å². The minimum absolute atomic E-state index is 0.0352. The minimum Gasteiger partial charge on any atom is -0.376 e. The Hall–Kier alpha value is -6.95. The van der Waals surface area contributed by atoms with Gasteiger partial charge < -0.3 is 9.64 Å². The van der Waals surface area contributed by atoms with Gasteiger partial charge >= 0.3 is 11.4 Å². The van der Waals surface area contributed by atoms with Gasteiger partial charge in [-0.2, -0.15) is 15.3 Å². The first kappa shape index (κ1) is 39.9. The van der Waals surface area contributed by atoms with E-state index in [1.807, 2.05) is 19.2 Å². The zero-order chi connectivity index (χ0) is 44.6. The number of aryl methyl sites for hydroxylation is 3. The third-order valence-electron chi connectivity index (χ3n) is 13.6. The molecule has 1 N–H and O–H groups in total. The second-order valence-electron chi connectivity index (χ2n) is 18.2. The highest BCUT2D eigenvalue weighted by Gasteiger charge is 2.54. The molecule has 0 radical (unpaired) electrons. The van der Waals surface area contributed by atoms with E-state index < -0.39 is 28.7 Å². The summed E-state index contributed by atoms with van der Waals surface area (Å²) in [7, 11) is 1.71. The van der Waals surface area contributed by atoms with Crippen molar-refractivity contribution in [3.63, 3.8) is 0 Å². The van der Waals surface area contributed by atoms with Crippen LogP contribution < -0.4 is 11.4 Å². The van der Waals surface area contributed by atoms with Crippen molar-refractivity contribution in [3.05, 3.63) is 139 Å². The summed E-state index contributed by atoms with van der Waals surface area (Å²) in [6.07, 6.45) is 9.65. The summed E-state index contributed by atoms with van der Waals surface area (Å²) in [5.41, 5.74) is 4.11. The number of imidazole rings is 1. The van der Waals surface area contributed by atoms with E-state index in [9.17, 15) is 9.59 Å². The standard InChI is InChI=1S/C46H45F2N11O5/c1-24-19-29(20-25(2)37(24)47)59-40(57-17-16-56(44(57)62)34-10-9-32-30(38(34)48)22-49-54(32)6)35-26(3)55(15-11-31(35)51-59)41(60)39-36(46(13-14-46)42-50-43(61)64-53-42)33-8-7-28(23-58(33)52-39)27-12-18-63-45(4,5)21-27/h7-10,16-17,19-20,22-23,26-27H,11-15,18,21H2,1-6H3,(H,50,53,61)/t26-,27-/m0/s1. The van der Waals surface area contributed by atoms with Crippen molar-refractivity contribution in [1.82, 2.24) is 53.3 Å². The largest absolute Gasteiger partial charge is 0.438 e. The lowest BCUT2D eigenvalue weighted by Crippen LogP contribution is -2.40. The predicted molar refractivity (Wildman–Crippen MR) is 230 cm³/mol. The summed E-state index contributed by atoms with van der Waals surface area (Å²) < 4.78 is 49.8. The van der Waals surface area contributed by atoms with Crippen LogP contribution in [0.5, 0.6) is 0 Å². The fourth-order valence-electron chi connectivity index (χ4n) is 10.2. The van der Waals surface area contributed by atoms with Gasteiger partial charge in [0, 0.05) is 56.3 Å². The highest BCUT2D eigenvalue weighted by atomic mass is 19.1. The molecule has 3 aliphatic rings. The van der Waals surface area contributed by atoms with Gasteiger partial charge in [-0.15, -0.1) is 0 Å². The van der Waals surface area contributed by atoms with Crippen LogP contribution in [0.1, 0.15) is 108 Å². The van der Waals surface area contributed by atoms with Crippen LogP contribution in [0.2, 0.25) is 0 Å². The van der Waals surface area contributed by atoms with Crippen LogP contribution in [0.4, 0.5) is 8.78 Å². The first-order valence-electron chi connectivity index (χ1n) is 21.5. The maximum absolute atomic E-state index is 16.1. The molecule has 2 fully saturated rings. The van der Waals surface area contributed by atoms with Gasteiger partial charge in [0.05, 0.1) is 56.7 Å². The molecule has 1 amide bonds. The molecule has 0 spiro atoms. The van der Waals surface area contributed by atoms with Gasteiger partial charge in [0.1, 0.15) is 11.6 Å². The highest BCUT2D eigenvalue weighted by Crippen LogP contribution is 2.55. The van der Waals surface area contributed by atoms with Crippen LogP contribution in [0.15, 0.2) is 75.3 Å². The lowest BCUT2D eigenvalue weighted by molar-refractivity contribution is -0.0593. The Balaban J connectivity index is 1.05. The number of rotatable bonds is 7. The molecule has 1 aliphatic carbocycles. The summed E-state index contributed by atoms with van der Waals surface area (Å²) in [6.45, 7) is 10.3. The molecular formula is C46H45F2N11O5. The maximum atomic E-state index is 16.1. The molecule has 8 heterocycles. The molecule has 0 unspecified atom stereocenters. The Bertz CT molecular complexity index is 3330. The highest BCUT2D eigenvalue weighted by molar-refractivity contribution is 5.97. The van der Waals surface area contributed by atoms with E-state index in [0.717, 1.165) is 18.4 Å². The molecule has 16 nitrogen and oxygen atoms in total. The second-order valence-corrected chi connectivity index (χ2v) is 18.2. The van der Waals surface area contributed by atoms with E-state index in [1.165, 1.54) is 27.6 Å². The lowest BCUT2D eigenvalue weighted by Gasteiger charge is -2.35. The van der Waals surface area contributed by atoms with E-state index in [0.29, 0.717) is 82.2 Å². The molecule has 18 heteroatoms. The normalized spacial score (nSPS) is 19.2. The number of H-pyrrole nitrogens is 1. The van der Waals surface area contributed by atoms with Gasteiger partial charge in [0.15, 0.2) is 17.3 Å². The Morgan fingerprint density at radius 2 is 1.72 bits per heavy atom. The van der Waals surface area contributed by atoms with E-state index in [2.05, 4.69) is 35.2 Å². The van der Waals surface area contributed by atoms with Crippen LogP contribution in [0.25, 0.3) is 33.6 Å². The molecule has 6 aromatic heterocycles. The number of aromatic amines is 1. The lowest BCUT2D eigenvalue weighted by atomic mass is 9.84. The number of carbonyl (C=O) groups is 1. The Labute approximate surface area is 363 Å². The summed E-state index contributed by atoms with van der Waals surface area (Å²) in [5.74, 6) is -1.12. The summed E-state index contributed by atoms with van der Waals surface area (Å²) in [6, 6.07) is 9.99. The molecule has 0 bridgehead atoms. The van der Waals surface area contributed by atoms with Gasteiger partial charge in [-0.1, -0.05) is 11.2 Å². The van der Waals surface area contributed by atoms with Crippen LogP contribution >= 0.6 is 0 Å². The Morgan fingerprint density at radius 1 is 0.969 bits per heavy atom. The quantitative estimate of drug-likeness (QED) is 0.190. The number of fused-ring (bicyclic) bond motifs is 3. The van der Waals surface area contributed by atoms with E-state index in [4.69, 9.17) is 19.5 Å². The monoisotopic (exact) mass is 869 g/mol. The fraction of sp³-hybridized carbons (Fsp3) is 0.370. The maximum Gasteiger partial charge on any atom is 0.438 e.